The number of rotatable bonds is 3. The lowest BCUT2D eigenvalue weighted by Gasteiger charge is -2.25. The van der Waals surface area contributed by atoms with Crippen molar-refractivity contribution in [2.24, 2.45) is 0 Å². The Balaban J connectivity index is 2.73. The van der Waals surface area contributed by atoms with Crippen LogP contribution >= 0.6 is 0 Å². The minimum Gasteiger partial charge on any atom is -0.480 e. The summed E-state index contributed by atoms with van der Waals surface area (Å²) < 4.78 is 25.8. The highest BCUT2D eigenvalue weighted by Crippen LogP contribution is 2.33. The fraction of sp³-hybridized carbons (Fsp3) is 0.875. The van der Waals surface area contributed by atoms with Gasteiger partial charge in [-0.1, -0.05) is 0 Å². The normalized spacial score (nSPS) is 29.0. The van der Waals surface area contributed by atoms with Gasteiger partial charge in [-0.25, -0.2) is 8.78 Å². The van der Waals surface area contributed by atoms with Gasteiger partial charge < -0.3 is 10.2 Å². The molecular weight excluding hydrogens is 196 g/mol. The average molecular weight is 209 g/mol. The first-order valence-electron chi connectivity index (χ1n) is 4.34. The van der Waals surface area contributed by atoms with E-state index in [1.165, 1.54) is 6.92 Å². The Morgan fingerprint density at radius 2 is 2.29 bits per heavy atom. The van der Waals surface area contributed by atoms with Crippen molar-refractivity contribution in [1.29, 1.82) is 0 Å². The molecule has 2 N–H and O–H groups in total. The van der Waals surface area contributed by atoms with Gasteiger partial charge in [-0.3, -0.25) is 9.69 Å². The summed E-state index contributed by atoms with van der Waals surface area (Å²) in [7, 11) is 0. The topological polar surface area (TPSA) is 60.8 Å². The number of aliphatic hydroxyl groups is 1. The molecule has 4 nitrogen and oxygen atoms in total. The largest absolute Gasteiger partial charge is 0.480 e. The van der Waals surface area contributed by atoms with Crippen LogP contribution in [0.4, 0.5) is 8.78 Å². The maximum absolute atomic E-state index is 12.9. The predicted molar refractivity (Wildman–Crippen MR) is 44.2 cm³/mol. The monoisotopic (exact) mass is 209 g/mol. The highest BCUT2D eigenvalue weighted by Gasteiger charge is 2.47. The van der Waals surface area contributed by atoms with E-state index in [4.69, 9.17) is 10.2 Å². The Labute approximate surface area is 80.1 Å². The van der Waals surface area contributed by atoms with Crippen molar-refractivity contribution in [2.75, 3.05) is 13.2 Å². The zero-order chi connectivity index (χ0) is 10.9. The van der Waals surface area contributed by atoms with E-state index in [2.05, 4.69) is 0 Å². The minimum atomic E-state index is -2.89. The van der Waals surface area contributed by atoms with Crippen LogP contribution in [0.2, 0.25) is 0 Å². The second-order valence-electron chi connectivity index (χ2n) is 3.58. The van der Waals surface area contributed by atoms with Crippen LogP contribution in [0.3, 0.4) is 0 Å². The summed E-state index contributed by atoms with van der Waals surface area (Å²) >= 11 is 0. The first kappa shape index (κ1) is 11.3. The van der Waals surface area contributed by atoms with Crippen LogP contribution in [0.1, 0.15) is 13.3 Å². The van der Waals surface area contributed by atoms with Crippen LogP contribution in [-0.2, 0) is 4.79 Å². The number of carboxylic acid groups (broad SMARTS) is 1. The molecule has 0 spiro atoms. The van der Waals surface area contributed by atoms with Gasteiger partial charge in [-0.2, -0.15) is 0 Å². The maximum Gasteiger partial charge on any atom is 0.320 e. The molecule has 1 heterocycles. The van der Waals surface area contributed by atoms with Crippen LogP contribution in [-0.4, -0.2) is 52.2 Å². The molecule has 0 aromatic carbocycles. The molecule has 0 aromatic rings. The van der Waals surface area contributed by atoms with Gasteiger partial charge in [0.15, 0.2) is 0 Å². The first-order chi connectivity index (χ1) is 6.37. The molecule has 0 saturated carbocycles. The SMILES string of the molecule is C[C@@H](C(=O)O)N1CC(F)(F)C[C@H]1CO. The lowest BCUT2D eigenvalue weighted by molar-refractivity contribution is -0.143. The molecule has 0 aromatic heterocycles. The smallest absolute Gasteiger partial charge is 0.320 e. The Hall–Kier alpha value is -0.750. The van der Waals surface area contributed by atoms with Crippen molar-refractivity contribution in [3.63, 3.8) is 0 Å². The molecule has 0 aliphatic carbocycles. The average Bonchev–Trinajstić information content (AvgIpc) is 2.39. The number of hydrogen-bond acceptors (Lipinski definition) is 3. The Kier molecular flexibility index (Phi) is 3.06. The quantitative estimate of drug-likeness (QED) is 0.695. The van der Waals surface area contributed by atoms with E-state index in [0.717, 1.165) is 4.90 Å². The van der Waals surface area contributed by atoms with Crippen molar-refractivity contribution < 1.29 is 23.8 Å². The highest BCUT2D eigenvalue weighted by atomic mass is 19.3. The lowest BCUT2D eigenvalue weighted by atomic mass is 10.2. The number of nitrogens with zero attached hydrogens (tertiary/aromatic N) is 1. The van der Waals surface area contributed by atoms with Crippen molar-refractivity contribution in [3.8, 4) is 0 Å². The third kappa shape index (κ3) is 2.19. The number of carboxylic acids is 1. The number of alkyl halides is 2. The number of aliphatic hydroxyl groups excluding tert-OH is 1. The summed E-state index contributed by atoms with van der Waals surface area (Å²) in [5, 5.41) is 17.5. The van der Waals surface area contributed by atoms with Gasteiger partial charge in [-0.05, 0) is 6.92 Å². The molecule has 0 unspecified atom stereocenters. The van der Waals surface area contributed by atoms with Gasteiger partial charge in [0.25, 0.3) is 5.92 Å². The molecular formula is C8H13F2NO3. The Morgan fingerprint density at radius 3 is 2.71 bits per heavy atom. The molecule has 0 radical (unpaired) electrons. The fourth-order valence-electron chi connectivity index (χ4n) is 1.69. The Bertz CT molecular complexity index is 235. The molecule has 14 heavy (non-hydrogen) atoms. The number of hydrogen-bond donors (Lipinski definition) is 2. The number of carbonyl (C=O) groups is 1. The lowest BCUT2D eigenvalue weighted by Crippen LogP contribution is -2.44. The van der Waals surface area contributed by atoms with E-state index in [-0.39, 0.29) is 0 Å². The van der Waals surface area contributed by atoms with Crippen LogP contribution in [0.25, 0.3) is 0 Å². The Morgan fingerprint density at radius 1 is 1.71 bits per heavy atom. The van der Waals surface area contributed by atoms with Crippen molar-refractivity contribution >= 4 is 5.97 Å². The highest BCUT2D eigenvalue weighted by molar-refractivity contribution is 5.73. The van der Waals surface area contributed by atoms with Crippen molar-refractivity contribution in [2.45, 2.75) is 31.4 Å². The van der Waals surface area contributed by atoms with Gasteiger partial charge in [-0.15, -0.1) is 0 Å². The van der Waals surface area contributed by atoms with Crippen LogP contribution in [0.5, 0.6) is 0 Å². The second kappa shape index (κ2) is 3.78. The third-order valence-electron chi connectivity index (χ3n) is 2.48. The molecule has 82 valence electrons. The van der Waals surface area contributed by atoms with Gasteiger partial charge in [0.05, 0.1) is 13.2 Å². The number of likely N-dealkylation sites (tertiary alicyclic amines) is 1. The number of aliphatic carboxylic acids is 1. The summed E-state index contributed by atoms with van der Waals surface area (Å²) in [4.78, 5) is 11.7. The molecule has 1 rings (SSSR count). The van der Waals surface area contributed by atoms with Crippen LogP contribution in [0.15, 0.2) is 0 Å². The van der Waals surface area contributed by atoms with E-state index in [9.17, 15) is 13.6 Å². The van der Waals surface area contributed by atoms with Gasteiger partial charge in [0.2, 0.25) is 0 Å². The van der Waals surface area contributed by atoms with E-state index < -0.39 is 43.5 Å². The molecule has 0 bridgehead atoms. The molecule has 2 atom stereocenters. The summed E-state index contributed by atoms with van der Waals surface area (Å²) in [5.41, 5.74) is 0. The van der Waals surface area contributed by atoms with E-state index in [0.29, 0.717) is 0 Å². The van der Waals surface area contributed by atoms with Crippen molar-refractivity contribution in [3.05, 3.63) is 0 Å². The molecule has 0 amide bonds. The van der Waals surface area contributed by atoms with Gasteiger partial charge in [0.1, 0.15) is 6.04 Å². The second-order valence-corrected chi connectivity index (χ2v) is 3.58. The first-order valence-corrected chi connectivity index (χ1v) is 4.34. The molecule has 1 aliphatic rings. The summed E-state index contributed by atoms with van der Waals surface area (Å²) in [6.45, 7) is 0.311. The zero-order valence-corrected chi connectivity index (χ0v) is 7.78. The molecule has 1 saturated heterocycles. The zero-order valence-electron chi connectivity index (χ0n) is 7.78. The summed E-state index contributed by atoms with van der Waals surface area (Å²) in [5.74, 6) is -4.04. The standard InChI is InChI=1S/C8H13F2NO3/c1-5(7(13)14)11-4-8(9,10)2-6(11)3-12/h5-6,12H,2-4H2,1H3,(H,13,14)/t5-,6-/m0/s1. The summed E-state index contributed by atoms with van der Waals surface area (Å²) in [6.07, 6.45) is -0.471. The predicted octanol–water partition coefficient (Wildman–Crippen LogP) is 0.161. The maximum atomic E-state index is 12.9. The van der Waals surface area contributed by atoms with E-state index >= 15 is 0 Å². The van der Waals surface area contributed by atoms with E-state index in [1.807, 2.05) is 0 Å². The van der Waals surface area contributed by atoms with Crippen LogP contribution < -0.4 is 0 Å². The fourth-order valence-corrected chi connectivity index (χ4v) is 1.69. The summed E-state index contributed by atoms with van der Waals surface area (Å²) in [6, 6.07) is -1.74. The minimum absolute atomic E-state index is 0.437. The number of halogens is 2. The molecule has 6 heteroatoms. The van der Waals surface area contributed by atoms with E-state index in [1.54, 1.807) is 0 Å². The van der Waals surface area contributed by atoms with Gasteiger partial charge >= 0.3 is 5.97 Å². The van der Waals surface area contributed by atoms with Crippen LogP contribution in [0, 0.1) is 0 Å². The van der Waals surface area contributed by atoms with Gasteiger partial charge in [0, 0.05) is 12.5 Å². The molecule has 1 aliphatic heterocycles. The molecule has 1 fully saturated rings. The van der Waals surface area contributed by atoms with Crippen molar-refractivity contribution in [1.82, 2.24) is 4.90 Å². The third-order valence-corrected chi connectivity index (χ3v) is 2.48.